The van der Waals surface area contributed by atoms with Crippen LogP contribution in [0.25, 0.3) is 0 Å². The monoisotopic (exact) mass is 236 g/mol. The lowest BCUT2D eigenvalue weighted by atomic mass is 10.0. The zero-order valence-electron chi connectivity index (χ0n) is 8.19. The van der Waals surface area contributed by atoms with E-state index in [4.69, 9.17) is 0 Å². The molecule has 1 saturated heterocycles. The molecule has 2 rings (SSSR count). The number of nitrogens with one attached hydrogen (secondary N) is 1. The third kappa shape index (κ3) is 2.31. The van der Waals surface area contributed by atoms with Crippen LogP contribution in [0.3, 0.4) is 0 Å². The van der Waals surface area contributed by atoms with Gasteiger partial charge in [0.05, 0.1) is 5.01 Å². The van der Waals surface area contributed by atoms with E-state index < -0.39 is 11.9 Å². The average molecular weight is 236 g/mol. The quantitative estimate of drug-likeness (QED) is 0.851. The summed E-state index contributed by atoms with van der Waals surface area (Å²) >= 11 is 1.16. The molecule has 2 heterocycles. The fraction of sp³-hybridized carbons (Fsp3) is 0.667. The van der Waals surface area contributed by atoms with Crippen LogP contribution >= 0.6 is 11.3 Å². The summed E-state index contributed by atoms with van der Waals surface area (Å²) in [5, 5.41) is 3.69. The second-order valence-corrected chi connectivity index (χ2v) is 5.03. The molecule has 1 aliphatic heterocycles. The molecular formula is C9H11F3N2S. The molecule has 15 heavy (non-hydrogen) atoms. The van der Waals surface area contributed by atoms with Crippen LogP contribution in [0.15, 0.2) is 0 Å². The van der Waals surface area contributed by atoms with Gasteiger partial charge in [-0.3, -0.25) is 0 Å². The highest BCUT2D eigenvalue weighted by atomic mass is 32.1. The highest BCUT2D eigenvalue weighted by molar-refractivity contribution is 7.11. The summed E-state index contributed by atoms with van der Waals surface area (Å²) in [5.41, 5.74) is -0.713. The molecule has 1 aliphatic rings. The molecule has 0 aromatic carbocycles. The summed E-state index contributed by atoms with van der Waals surface area (Å²) < 4.78 is 37.3. The molecule has 0 atom stereocenters. The molecule has 0 aliphatic carbocycles. The molecule has 0 unspecified atom stereocenters. The Hall–Kier alpha value is -0.620. The number of halogens is 3. The predicted octanol–water partition coefficient (Wildman–Crippen LogP) is 2.23. The number of rotatable bonds is 2. The Balaban J connectivity index is 2.13. The number of alkyl halides is 3. The van der Waals surface area contributed by atoms with Crippen molar-refractivity contribution in [2.24, 2.45) is 5.92 Å². The molecule has 6 heteroatoms. The Labute approximate surface area is 89.5 Å². The van der Waals surface area contributed by atoms with Crippen molar-refractivity contribution in [3.63, 3.8) is 0 Å². The number of nitrogens with zero attached hydrogens (tertiary/aromatic N) is 1. The second kappa shape index (κ2) is 3.75. The van der Waals surface area contributed by atoms with Crippen molar-refractivity contribution in [1.82, 2.24) is 10.3 Å². The molecule has 1 aromatic rings. The Bertz CT molecular complexity index is 355. The molecule has 0 amide bonds. The molecule has 0 bridgehead atoms. The zero-order chi connectivity index (χ0) is 11.1. The largest absolute Gasteiger partial charge is 0.434 e. The summed E-state index contributed by atoms with van der Waals surface area (Å²) in [6.07, 6.45) is -3.65. The number of hydrogen-bond donors (Lipinski definition) is 1. The Morgan fingerprint density at radius 2 is 2.13 bits per heavy atom. The van der Waals surface area contributed by atoms with Gasteiger partial charge >= 0.3 is 6.18 Å². The maximum absolute atomic E-state index is 12.4. The lowest BCUT2D eigenvalue weighted by Gasteiger charge is -2.25. The van der Waals surface area contributed by atoms with Gasteiger partial charge in [0.1, 0.15) is 0 Å². The minimum atomic E-state index is -4.31. The first-order valence-corrected chi connectivity index (χ1v) is 5.52. The molecular weight excluding hydrogens is 225 g/mol. The Morgan fingerprint density at radius 3 is 2.53 bits per heavy atom. The zero-order valence-corrected chi connectivity index (χ0v) is 9.00. The van der Waals surface area contributed by atoms with Crippen molar-refractivity contribution in [3.8, 4) is 0 Å². The summed E-state index contributed by atoms with van der Waals surface area (Å²) in [7, 11) is 0. The SMILES string of the molecule is Cc1sc(CC2CNC2)nc1C(F)(F)F. The van der Waals surface area contributed by atoms with Crippen molar-refractivity contribution < 1.29 is 13.2 Å². The van der Waals surface area contributed by atoms with Gasteiger partial charge in [-0.2, -0.15) is 13.2 Å². The van der Waals surface area contributed by atoms with Gasteiger partial charge in [0, 0.05) is 11.3 Å². The third-order valence-electron chi connectivity index (χ3n) is 2.44. The van der Waals surface area contributed by atoms with Crippen molar-refractivity contribution >= 4 is 11.3 Å². The minimum Gasteiger partial charge on any atom is -0.316 e. The molecule has 1 fully saturated rings. The van der Waals surface area contributed by atoms with Crippen molar-refractivity contribution in [1.29, 1.82) is 0 Å². The van der Waals surface area contributed by atoms with Crippen molar-refractivity contribution in [3.05, 3.63) is 15.6 Å². The van der Waals surface area contributed by atoms with Gasteiger partial charge in [0.15, 0.2) is 5.69 Å². The molecule has 0 saturated carbocycles. The van der Waals surface area contributed by atoms with E-state index in [1.54, 1.807) is 0 Å². The van der Waals surface area contributed by atoms with E-state index in [0.29, 0.717) is 17.3 Å². The lowest BCUT2D eigenvalue weighted by Crippen LogP contribution is -2.43. The molecule has 1 aromatic heterocycles. The maximum Gasteiger partial charge on any atom is 0.434 e. The van der Waals surface area contributed by atoms with Crippen LogP contribution in [-0.4, -0.2) is 18.1 Å². The predicted molar refractivity (Wildman–Crippen MR) is 51.9 cm³/mol. The van der Waals surface area contributed by atoms with Crippen LogP contribution in [0.2, 0.25) is 0 Å². The highest BCUT2D eigenvalue weighted by Gasteiger charge is 2.36. The summed E-state index contributed by atoms with van der Waals surface area (Å²) in [6, 6.07) is 0. The van der Waals surface area contributed by atoms with Crippen LogP contribution in [0.5, 0.6) is 0 Å². The van der Waals surface area contributed by atoms with Crippen molar-refractivity contribution in [2.45, 2.75) is 19.5 Å². The van der Waals surface area contributed by atoms with Gasteiger partial charge in [-0.05, 0) is 25.9 Å². The first-order chi connectivity index (χ1) is 6.97. The van der Waals surface area contributed by atoms with E-state index in [9.17, 15) is 13.2 Å². The average Bonchev–Trinajstić information content (AvgIpc) is 2.38. The van der Waals surface area contributed by atoms with Gasteiger partial charge in [-0.25, -0.2) is 4.98 Å². The number of hydrogen-bond acceptors (Lipinski definition) is 3. The van der Waals surface area contributed by atoms with Crippen LogP contribution in [0.4, 0.5) is 13.2 Å². The van der Waals surface area contributed by atoms with Gasteiger partial charge in [-0.1, -0.05) is 0 Å². The minimum absolute atomic E-state index is 0.268. The molecule has 1 N–H and O–H groups in total. The van der Waals surface area contributed by atoms with E-state index >= 15 is 0 Å². The van der Waals surface area contributed by atoms with Gasteiger partial charge < -0.3 is 5.32 Å². The smallest absolute Gasteiger partial charge is 0.316 e. The maximum atomic E-state index is 12.4. The Kier molecular flexibility index (Phi) is 2.72. The van der Waals surface area contributed by atoms with E-state index in [1.165, 1.54) is 6.92 Å². The van der Waals surface area contributed by atoms with E-state index in [2.05, 4.69) is 10.3 Å². The normalized spacial score (nSPS) is 17.9. The highest BCUT2D eigenvalue weighted by Crippen LogP contribution is 2.34. The summed E-state index contributed by atoms with van der Waals surface area (Å²) in [6.45, 7) is 3.25. The van der Waals surface area contributed by atoms with E-state index in [0.717, 1.165) is 24.4 Å². The first kappa shape index (κ1) is 10.9. The molecule has 2 nitrogen and oxygen atoms in total. The topological polar surface area (TPSA) is 24.9 Å². The van der Waals surface area contributed by atoms with Crippen LogP contribution in [0.1, 0.15) is 15.6 Å². The third-order valence-corrected chi connectivity index (χ3v) is 3.43. The Morgan fingerprint density at radius 1 is 1.47 bits per heavy atom. The number of thiazole rings is 1. The van der Waals surface area contributed by atoms with E-state index in [1.807, 2.05) is 0 Å². The molecule has 84 valence electrons. The lowest BCUT2D eigenvalue weighted by molar-refractivity contribution is -0.141. The van der Waals surface area contributed by atoms with Crippen LogP contribution in [0, 0.1) is 12.8 Å². The van der Waals surface area contributed by atoms with E-state index in [-0.39, 0.29) is 4.88 Å². The van der Waals surface area contributed by atoms with Gasteiger partial charge in [-0.15, -0.1) is 11.3 Å². The standard InChI is InChI=1S/C9H11F3N2S/c1-5-8(9(10,11)12)14-7(15-5)2-6-3-13-4-6/h6,13H,2-4H2,1H3. The summed E-state index contributed by atoms with van der Waals surface area (Å²) in [4.78, 5) is 3.94. The van der Waals surface area contributed by atoms with Crippen molar-refractivity contribution in [2.75, 3.05) is 13.1 Å². The van der Waals surface area contributed by atoms with Crippen LogP contribution < -0.4 is 5.32 Å². The summed E-state index contributed by atoms with van der Waals surface area (Å²) in [5.74, 6) is 0.455. The number of aryl methyl sites for hydroxylation is 1. The number of aromatic nitrogens is 1. The molecule has 0 spiro atoms. The fourth-order valence-electron chi connectivity index (χ4n) is 1.54. The molecule has 0 radical (unpaired) electrons. The van der Waals surface area contributed by atoms with Gasteiger partial charge in [0.25, 0.3) is 0 Å². The van der Waals surface area contributed by atoms with Crippen LogP contribution in [-0.2, 0) is 12.6 Å². The fourth-order valence-corrected chi connectivity index (χ4v) is 2.61. The second-order valence-electron chi connectivity index (χ2n) is 3.74. The first-order valence-electron chi connectivity index (χ1n) is 4.71. The van der Waals surface area contributed by atoms with Gasteiger partial charge in [0.2, 0.25) is 0 Å².